The van der Waals surface area contributed by atoms with Gasteiger partial charge in [-0.15, -0.1) is 0 Å². The van der Waals surface area contributed by atoms with Crippen LogP contribution in [0, 0.1) is 5.92 Å². The minimum absolute atomic E-state index is 0.0399. The average molecular weight is 415 g/mol. The van der Waals surface area contributed by atoms with Gasteiger partial charge in [-0.3, -0.25) is 9.59 Å². The van der Waals surface area contributed by atoms with E-state index >= 15 is 0 Å². The average Bonchev–Trinajstić information content (AvgIpc) is 3.18. The van der Waals surface area contributed by atoms with Gasteiger partial charge in [0.25, 0.3) is 0 Å². The maximum atomic E-state index is 13.0. The van der Waals surface area contributed by atoms with Gasteiger partial charge in [0.05, 0.1) is 12.5 Å². The lowest BCUT2D eigenvalue weighted by Gasteiger charge is -2.18. The first kappa shape index (κ1) is 20.7. The lowest BCUT2D eigenvalue weighted by molar-refractivity contribution is -0.122. The fraction of sp³-hybridized carbons (Fsp3) is 0.231. The first-order valence-corrected chi connectivity index (χ1v) is 10.6. The van der Waals surface area contributed by atoms with Crippen molar-refractivity contribution in [1.29, 1.82) is 0 Å². The number of benzene rings is 3. The predicted molar refractivity (Wildman–Crippen MR) is 122 cm³/mol. The zero-order chi connectivity index (χ0) is 21.6. The van der Waals surface area contributed by atoms with Crippen LogP contribution in [-0.2, 0) is 16.0 Å². The van der Waals surface area contributed by atoms with Crippen LogP contribution in [0.2, 0.25) is 0 Å². The number of carbonyl (C=O) groups is 2. The van der Waals surface area contributed by atoms with Gasteiger partial charge in [0.1, 0.15) is 5.75 Å². The van der Waals surface area contributed by atoms with E-state index in [2.05, 4.69) is 17.4 Å². The van der Waals surface area contributed by atoms with Gasteiger partial charge in [-0.25, -0.2) is 0 Å². The molecule has 158 valence electrons. The Balaban J connectivity index is 1.43. The second kappa shape index (κ2) is 9.47. The normalized spacial score (nSPS) is 15.7. The summed E-state index contributed by atoms with van der Waals surface area (Å²) in [6.45, 7) is 2.90. The third-order valence-corrected chi connectivity index (χ3v) is 5.47. The summed E-state index contributed by atoms with van der Waals surface area (Å²) in [6.07, 6.45) is 0.944. The zero-order valence-electron chi connectivity index (χ0n) is 17.6. The van der Waals surface area contributed by atoms with Gasteiger partial charge in [0.2, 0.25) is 11.8 Å². The molecule has 0 aromatic heterocycles. The van der Waals surface area contributed by atoms with Crippen molar-refractivity contribution in [3.63, 3.8) is 0 Å². The number of rotatable bonds is 7. The number of para-hydroxylation sites is 1. The Bertz CT molecular complexity index is 1050. The molecule has 0 aliphatic carbocycles. The lowest BCUT2D eigenvalue weighted by Crippen LogP contribution is -2.28. The number of hydrogen-bond acceptors (Lipinski definition) is 3. The van der Waals surface area contributed by atoms with Gasteiger partial charge in [0.15, 0.2) is 0 Å². The van der Waals surface area contributed by atoms with Crippen LogP contribution < -0.4 is 15.0 Å². The van der Waals surface area contributed by atoms with Crippen molar-refractivity contribution in [2.75, 3.05) is 23.4 Å². The van der Waals surface area contributed by atoms with Crippen LogP contribution >= 0.6 is 0 Å². The van der Waals surface area contributed by atoms with Crippen molar-refractivity contribution in [3.05, 3.63) is 90.0 Å². The second-order valence-corrected chi connectivity index (χ2v) is 7.64. The molecular formula is C26H26N2O3. The van der Waals surface area contributed by atoms with Gasteiger partial charge in [-0.2, -0.15) is 0 Å². The van der Waals surface area contributed by atoms with E-state index in [0.29, 0.717) is 13.2 Å². The molecule has 0 spiro atoms. The van der Waals surface area contributed by atoms with Gasteiger partial charge in [-0.1, -0.05) is 48.5 Å². The zero-order valence-corrected chi connectivity index (χ0v) is 17.6. The van der Waals surface area contributed by atoms with Crippen molar-refractivity contribution in [1.82, 2.24) is 0 Å². The molecule has 5 nitrogen and oxygen atoms in total. The van der Waals surface area contributed by atoms with E-state index in [0.717, 1.165) is 29.1 Å². The Hall–Kier alpha value is -3.60. The van der Waals surface area contributed by atoms with Crippen LogP contribution in [0.4, 0.5) is 11.4 Å². The third kappa shape index (κ3) is 4.94. The van der Waals surface area contributed by atoms with E-state index in [1.807, 2.05) is 73.7 Å². The van der Waals surface area contributed by atoms with E-state index in [1.165, 1.54) is 5.56 Å². The Morgan fingerprint density at radius 1 is 1.00 bits per heavy atom. The number of carbonyl (C=O) groups excluding carboxylic acids is 2. The van der Waals surface area contributed by atoms with Gasteiger partial charge in [0, 0.05) is 24.3 Å². The van der Waals surface area contributed by atoms with Crippen LogP contribution in [-0.4, -0.2) is 25.0 Å². The predicted octanol–water partition coefficient (Wildman–Crippen LogP) is 4.67. The summed E-state index contributed by atoms with van der Waals surface area (Å²) in [5.41, 5.74) is 3.81. The first-order valence-electron chi connectivity index (χ1n) is 10.6. The van der Waals surface area contributed by atoms with Gasteiger partial charge >= 0.3 is 0 Å². The van der Waals surface area contributed by atoms with Crippen molar-refractivity contribution in [2.45, 2.75) is 19.8 Å². The van der Waals surface area contributed by atoms with Crippen LogP contribution in [0.15, 0.2) is 78.9 Å². The minimum Gasteiger partial charge on any atom is -0.494 e. The maximum Gasteiger partial charge on any atom is 0.229 e. The maximum absolute atomic E-state index is 13.0. The molecule has 1 fully saturated rings. The molecule has 0 bridgehead atoms. The summed E-state index contributed by atoms with van der Waals surface area (Å²) >= 11 is 0. The molecule has 3 aromatic carbocycles. The molecule has 1 N–H and O–H groups in total. The van der Waals surface area contributed by atoms with Crippen LogP contribution in [0.5, 0.6) is 5.75 Å². The Morgan fingerprint density at radius 3 is 2.45 bits per heavy atom. The molecule has 3 aromatic rings. The molecule has 0 radical (unpaired) electrons. The number of nitrogens with one attached hydrogen (secondary N) is 1. The largest absolute Gasteiger partial charge is 0.494 e. The summed E-state index contributed by atoms with van der Waals surface area (Å²) in [5.74, 6) is 0.218. The molecule has 4 rings (SSSR count). The lowest BCUT2D eigenvalue weighted by atomic mass is 10.0. The van der Waals surface area contributed by atoms with Crippen molar-refractivity contribution >= 4 is 23.2 Å². The molecule has 5 heteroatoms. The molecule has 1 heterocycles. The molecular weight excluding hydrogens is 388 g/mol. The summed E-state index contributed by atoms with van der Waals surface area (Å²) in [7, 11) is 0. The second-order valence-electron chi connectivity index (χ2n) is 7.64. The van der Waals surface area contributed by atoms with E-state index in [9.17, 15) is 9.59 Å². The summed E-state index contributed by atoms with van der Waals surface area (Å²) in [5, 5.41) is 3.05. The number of amides is 2. The molecule has 0 unspecified atom stereocenters. The molecule has 31 heavy (non-hydrogen) atoms. The third-order valence-electron chi connectivity index (χ3n) is 5.47. The number of hydrogen-bond donors (Lipinski definition) is 1. The van der Waals surface area contributed by atoms with E-state index in [-0.39, 0.29) is 24.2 Å². The number of anilines is 2. The van der Waals surface area contributed by atoms with E-state index in [1.54, 1.807) is 4.90 Å². The summed E-state index contributed by atoms with van der Waals surface area (Å²) in [6, 6.07) is 25.4. The summed E-state index contributed by atoms with van der Waals surface area (Å²) in [4.78, 5) is 27.2. The fourth-order valence-electron chi connectivity index (χ4n) is 3.87. The molecule has 0 saturated carbocycles. The standard InChI is InChI=1S/C26H26N2O3/c1-2-31-23-14-12-22(13-15-23)28-18-21(17-25(28)29)26(30)27-24-11-7-6-10-20(24)16-19-8-4-3-5-9-19/h3-15,21H,2,16-18H2,1H3,(H,27,30)/t21-/m0/s1. The first-order chi connectivity index (χ1) is 15.1. The molecule has 1 atom stereocenters. The van der Waals surface area contributed by atoms with Crippen molar-refractivity contribution in [2.24, 2.45) is 5.92 Å². The van der Waals surface area contributed by atoms with E-state index in [4.69, 9.17) is 4.74 Å². The van der Waals surface area contributed by atoms with Crippen molar-refractivity contribution < 1.29 is 14.3 Å². The Morgan fingerprint density at radius 2 is 1.71 bits per heavy atom. The van der Waals surface area contributed by atoms with Crippen molar-refractivity contribution in [3.8, 4) is 5.75 Å². The Labute approximate surface area is 182 Å². The summed E-state index contributed by atoms with van der Waals surface area (Å²) < 4.78 is 5.46. The van der Waals surface area contributed by atoms with Crippen LogP contribution in [0.3, 0.4) is 0 Å². The highest BCUT2D eigenvalue weighted by Crippen LogP contribution is 2.28. The van der Waals surface area contributed by atoms with Crippen LogP contribution in [0.1, 0.15) is 24.5 Å². The topological polar surface area (TPSA) is 58.6 Å². The number of nitrogens with zero attached hydrogens (tertiary/aromatic N) is 1. The van der Waals surface area contributed by atoms with E-state index < -0.39 is 0 Å². The highest BCUT2D eigenvalue weighted by molar-refractivity contribution is 6.03. The van der Waals surface area contributed by atoms with Gasteiger partial charge < -0.3 is 15.0 Å². The van der Waals surface area contributed by atoms with Gasteiger partial charge in [-0.05, 0) is 54.8 Å². The Kier molecular flexibility index (Phi) is 6.32. The quantitative estimate of drug-likeness (QED) is 0.611. The SMILES string of the molecule is CCOc1ccc(N2C[C@@H](C(=O)Nc3ccccc3Cc3ccccc3)CC2=O)cc1. The minimum atomic E-state index is -0.385. The molecule has 1 aliphatic heterocycles. The smallest absolute Gasteiger partial charge is 0.229 e. The number of ether oxygens (including phenoxy) is 1. The highest BCUT2D eigenvalue weighted by Gasteiger charge is 2.35. The highest BCUT2D eigenvalue weighted by atomic mass is 16.5. The van der Waals surface area contributed by atoms with Crippen LogP contribution in [0.25, 0.3) is 0 Å². The molecule has 1 saturated heterocycles. The fourth-order valence-corrected chi connectivity index (χ4v) is 3.87. The molecule has 2 amide bonds. The molecule has 1 aliphatic rings. The monoisotopic (exact) mass is 414 g/mol.